The number of hydrogen-bond acceptors (Lipinski definition) is 2. The third-order valence-electron chi connectivity index (χ3n) is 4.54. The monoisotopic (exact) mass is 247 g/mol. The fourth-order valence-electron chi connectivity index (χ4n) is 3.32. The minimum absolute atomic E-state index is 0.191. The van der Waals surface area contributed by atoms with Crippen LogP contribution in [0.3, 0.4) is 0 Å². The molecule has 1 aromatic rings. The number of nitrogens with two attached hydrogens (primary N) is 1. The largest absolute Gasteiger partial charge is 0.496 e. The number of aryl methyl sites for hydroxylation is 1. The lowest BCUT2D eigenvalue weighted by molar-refractivity contribution is 0.405. The first-order chi connectivity index (χ1) is 8.56. The molecular formula is C16H25NO. The van der Waals surface area contributed by atoms with Gasteiger partial charge in [0.15, 0.2) is 0 Å². The van der Waals surface area contributed by atoms with Crippen molar-refractivity contribution in [3.05, 3.63) is 28.3 Å². The van der Waals surface area contributed by atoms with Crippen LogP contribution < -0.4 is 10.5 Å². The maximum atomic E-state index is 6.49. The zero-order chi connectivity index (χ0) is 13.3. The Morgan fingerprint density at radius 3 is 2.33 bits per heavy atom. The van der Waals surface area contributed by atoms with Crippen LogP contribution >= 0.6 is 0 Å². The summed E-state index contributed by atoms with van der Waals surface area (Å²) in [6.07, 6.45) is 5.24. The van der Waals surface area contributed by atoms with Gasteiger partial charge in [-0.1, -0.05) is 18.9 Å². The van der Waals surface area contributed by atoms with Crippen molar-refractivity contribution in [3.63, 3.8) is 0 Å². The Kier molecular flexibility index (Phi) is 3.96. The van der Waals surface area contributed by atoms with Gasteiger partial charge in [0, 0.05) is 6.04 Å². The molecule has 2 N–H and O–H groups in total. The molecule has 1 aliphatic carbocycles. The number of rotatable bonds is 3. The van der Waals surface area contributed by atoms with Crippen LogP contribution in [-0.2, 0) is 0 Å². The molecule has 2 rings (SSSR count). The number of hydrogen-bond donors (Lipinski definition) is 1. The molecule has 0 radical (unpaired) electrons. The van der Waals surface area contributed by atoms with Gasteiger partial charge in [-0.3, -0.25) is 0 Å². The van der Waals surface area contributed by atoms with Crippen molar-refractivity contribution in [2.75, 3.05) is 7.11 Å². The third kappa shape index (κ3) is 2.26. The van der Waals surface area contributed by atoms with Crippen LogP contribution in [0, 0.1) is 26.7 Å². The van der Waals surface area contributed by atoms with Crippen LogP contribution in [0.2, 0.25) is 0 Å². The lowest BCUT2D eigenvalue weighted by atomic mass is 9.87. The normalized spacial score (nSPS) is 18.1. The van der Waals surface area contributed by atoms with Gasteiger partial charge in [0.25, 0.3) is 0 Å². The highest BCUT2D eigenvalue weighted by Crippen LogP contribution is 2.38. The van der Waals surface area contributed by atoms with Crippen molar-refractivity contribution >= 4 is 0 Å². The summed E-state index contributed by atoms with van der Waals surface area (Å²) < 4.78 is 5.48. The van der Waals surface area contributed by atoms with Crippen LogP contribution in [-0.4, -0.2) is 7.11 Å². The molecule has 1 aromatic carbocycles. The molecule has 0 spiro atoms. The standard InChI is InChI=1S/C16H25NO/c1-10-9-14(11(2)12(3)16(10)18-4)15(17)13-7-5-6-8-13/h9,13,15H,5-8,17H2,1-4H3. The van der Waals surface area contributed by atoms with Crippen molar-refractivity contribution in [2.45, 2.75) is 52.5 Å². The number of methoxy groups -OCH3 is 1. The van der Waals surface area contributed by atoms with Gasteiger partial charge in [-0.2, -0.15) is 0 Å². The van der Waals surface area contributed by atoms with Crippen LogP contribution in [0.25, 0.3) is 0 Å². The molecule has 0 bridgehead atoms. The predicted molar refractivity (Wildman–Crippen MR) is 76.1 cm³/mol. The smallest absolute Gasteiger partial charge is 0.124 e. The molecule has 18 heavy (non-hydrogen) atoms. The summed E-state index contributed by atoms with van der Waals surface area (Å²) in [5.74, 6) is 1.67. The van der Waals surface area contributed by atoms with Crippen LogP contribution in [0.4, 0.5) is 0 Å². The topological polar surface area (TPSA) is 35.2 Å². The molecule has 0 saturated heterocycles. The van der Waals surface area contributed by atoms with E-state index < -0.39 is 0 Å². The van der Waals surface area contributed by atoms with E-state index in [2.05, 4.69) is 26.8 Å². The molecule has 2 heteroatoms. The van der Waals surface area contributed by atoms with Crippen molar-refractivity contribution in [2.24, 2.45) is 11.7 Å². The highest BCUT2D eigenvalue weighted by atomic mass is 16.5. The molecule has 0 amide bonds. The van der Waals surface area contributed by atoms with Crippen molar-refractivity contribution in [1.29, 1.82) is 0 Å². The Morgan fingerprint density at radius 1 is 1.17 bits per heavy atom. The Morgan fingerprint density at radius 2 is 1.78 bits per heavy atom. The Hall–Kier alpha value is -1.02. The Labute approximate surface area is 111 Å². The Bertz CT molecular complexity index is 433. The molecule has 2 nitrogen and oxygen atoms in total. The van der Waals surface area contributed by atoms with E-state index in [1.807, 2.05) is 0 Å². The Balaban J connectivity index is 2.38. The quantitative estimate of drug-likeness (QED) is 0.881. The van der Waals surface area contributed by atoms with Gasteiger partial charge in [0.1, 0.15) is 5.75 Å². The van der Waals surface area contributed by atoms with Crippen LogP contribution in [0.1, 0.15) is 54.0 Å². The molecule has 0 aliphatic heterocycles. The van der Waals surface area contributed by atoms with Crippen molar-refractivity contribution < 1.29 is 4.74 Å². The van der Waals surface area contributed by atoms with Crippen molar-refractivity contribution in [1.82, 2.24) is 0 Å². The fraction of sp³-hybridized carbons (Fsp3) is 0.625. The van der Waals surface area contributed by atoms with Gasteiger partial charge in [-0.25, -0.2) is 0 Å². The van der Waals surface area contributed by atoms with Crippen LogP contribution in [0.5, 0.6) is 5.75 Å². The van der Waals surface area contributed by atoms with E-state index in [9.17, 15) is 0 Å². The van der Waals surface area contributed by atoms with Gasteiger partial charge in [0.05, 0.1) is 7.11 Å². The summed E-state index contributed by atoms with van der Waals surface area (Å²) in [7, 11) is 1.74. The van der Waals surface area contributed by atoms with Crippen molar-refractivity contribution in [3.8, 4) is 5.75 Å². The van der Waals surface area contributed by atoms with Crippen LogP contribution in [0.15, 0.2) is 6.07 Å². The minimum atomic E-state index is 0.191. The molecule has 1 aliphatic rings. The van der Waals surface area contributed by atoms with E-state index in [1.165, 1.54) is 47.9 Å². The first-order valence-corrected chi connectivity index (χ1v) is 6.96. The number of benzene rings is 1. The number of ether oxygens (including phenoxy) is 1. The zero-order valence-corrected chi connectivity index (χ0v) is 12.0. The molecule has 1 atom stereocenters. The van der Waals surface area contributed by atoms with Gasteiger partial charge < -0.3 is 10.5 Å². The lowest BCUT2D eigenvalue weighted by Gasteiger charge is -2.24. The summed E-state index contributed by atoms with van der Waals surface area (Å²) in [6.45, 7) is 6.41. The molecule has 1 unspecified atom stereocenters. The minimum Gasteiger partial charge on any atom is -0.496 e. The summed E-state index contributed by atoms with van der Waals surface area (Å²) in [5, 5.41) is 0. The second kappa shape index (κ2) is 5.31. The maximum Gasteiger partial charge on any atom is 0.124 e. The van der Waals surface area contributed by atoms with E-state index in [4.69, 9.17) is 10.5 Å². The first kappa shape index (κ1) is 13.4. The summed E-state index contributed by atoms with van der Waals surface area (Å²) in [6, 6.07) is 2.42. The zero-order valence-electron chi connectivity index (χ0n) is 12.0. The average molecular weight is 247 g/mol. The molecule has 0 heterocycles. The highest BCUT2D eigenvalue weighted by Gasteiger charge is 2.25. The van der Waals surface area contributed by atoms with E-state index in [0.717, 1.165) is 5.75 Å². The molecular weight excluding hydrogens is 222 g/mol. The van der Waals surface area contributed by atoms with E-state index in [0.29, 0.717) is 5.92 Å². The predicted octanol–water partition coefficient (Wildman–Crippen LogP) is 3.81. The fourth-order valence-corrected chi connectivity index (χ4v) is 3.32. The van der Waals surface area contributed by atoms with Gasteiger partial charge in [0.2, 0.25) is 0 Å². The lowest BCUT2D eigenvalue weighted by Crippen LogP contribution is -2.21. The SMILES string of the molecule is COc1c(C)cc(C(N)C2CCCC2)c(C)c1C. The summed E-state index contributed by atoms with van der Waals surface area (Å²) in [5.41, 5.74) is 11.5. The average Bonchev–Trinajstić information content (AvgIpc) is 2.87. The summed E-state index contributed by atoms with van der Waals surface area (Å²) in [4.78, 5) is 0. The second-order valence-corrected chi connectivity index (χ2v) is 5.64. The highest BCUT2D eigenvalue weighted by molar-refractivity contribution is 5.50. The van der Waals surface area contributed by atoms with E-state index in [-0.39, 0.29) is 6.04 Å². The van der Waals surface area contributed by atoms with Gasteiger partial charge in [-0.05, 0) is 61.8 Å². The molecule has 1 saturated carbocycles. The van der Waals surface area contributed by atoms with Gasteiger partial charge in [-0.15, -0.1) is 0 Å². The molecule has 100 valence electrons. The molecule has 1 fully saturated rings. The van der Waals surface area contributed by atoms with E-state index >= 15 is 0 Å². The third-order valence-corrected chi connectivity index (χ3v) is 4.54. The molecule has 0 aromatic heterocycles. The van der Waals surface area contributed by atoms with E-state index in [1.54, 1.807) is 7.11 Å². The maximum absolute atomic E-state index is 6.49. The first-order valence-electron chi connectivity index (χ1n) is 6.96. The summed E-state index contributed by atoms with van der Waals surface area (Å²) >= 11 is 0. The van der Waals surface area contributed by atoms with Gasteiger partial charge >= 0.3 is 0 Å². The second-order valence-electron chi connectivity index (χ2n) is 5.64.